The van der Waals surface area contributed by atoms with Gasteiger partial charge in [0, 0.05) is 53.4 Å². The van der Waals surface area contributed by atoms with Crippen LogP contribution >= 0.6 is 0 Å². The Kier molecular flexibility index (Phi) is 7.74. The fourth-order valence-corrected chi connectivity index (χ4v) is 10.5. The fraction of sp³-hybridized carbons (Fsp3) is 0.714. The van der Waals surface area contributed by atoms with Crippen molar-refractivity contribution in [3.8, 4) is 0 Å². The molecule has 1 aromatic heterocycles. The van der Waals surface area contributed by atoms with E-state index in [1.807, 2.05) is 6.92 Å². The van der Waals surface area contributed by atoms with E-state index in [9.17, 15) is 24.0 Å². The summed E-state index contributed by atoms with van der Waals surface area (Å²) < 4.78 is 41.3. The Bertz CT molecular complexity index is 1560. The second-order valence-electron chi connectivity index (χ2n) is 15.5. The van der Waals surface area contributed by atoms with Crippen molar-refractivity contribution < 1.29 is 61.6 Å². The molecule has 3 heterocycles. The molecule has 3 saturated carbocycles. The molecule has 0 unspecified atom stereocenters. The molecule has 0 aromatic carbocycles. The average molecular weight is 673 g/mol. The average Bonchev–Trinajstić information content (AvgIpc) is 3.48. The minimum atomic E-state index is -2.16. The Morgan fingerprint density at radius 3 is 2.23 bits per heavy atom. The third kappa shape index (κ3) is 4.31. The Hall–Kier alpha value is -3.74. The van der Waals surface area contributed by atoms with Gasteiger partial charge in [-0.15, -0.1) is 0 Å². The summed E-state index contributed by atoms with van der Waals surface area (Å²) in [7, 11) is 1.15. The molecule has 2 aliphatic heterocycles. The minimum Gasteiger partial charge on any atom is -0.472 e. The molecule has 1 spiro atoms. The van der Waals surface area contributed by atoms with Crippen LogP contribution in [0.3, 0.4) is 0 Å². The van der Waals surface area contributed by atoms with Crippen LogP contribution in [0.25, 0.3) is 0 Å². The summed E-state index contributed by atoms with van der Waals surface area (Å²) >= 11 is 0. The van der Waals surface area contributed by atoms with Gasteiger partial charge >= 0.3 is 29.8 Å². The lowest BCUT2D eigenvalue weighted by atomic mass is 9.36. The van der Waals surface area contributed by atoms with Crippen molar-refractivity contribution in [3.05, 3.63) is 24.2 Å². The number of hydrogen-bond donors (Lipinski definition) is 0. The molecule has 48 heavy (non-hydrogen) atoms. The van der Waals surface area contributed by atoms with Crippen molar-refractivity contribution in [1.82, 2.24) is 0 Å². The summed E-state index contributed by atoms with van der Waals surface area (Å²) in [6.45, 7) is 12.6. The molecule has 0 N–H and O–H groups in total. The normalized spacial score (nSPS) is 41.0. The second kappa shape index (κ2) is 10.9. The van der Waals surface area contributed by atoms with Gasteiger partial charge in [0.1, 0.15) is 17.8 Å². The third-order valence-electron chi connectivity index (χ3n) is 12.1. The van der Waals surface area contributed by atoms with Gasteiger partial charge in [0.25, 0.3) is 0 Å². The van der Waals surface area contributed by atoms with Crippen molar-refractivity contribution in [3.63, 3.8) is 0 Å². The summed E-state index contributed by atoms with van der Waals surface area (Å²) in [6, 6.07) is 1.74. The molecule has 3 aliphatic carbocycles. The predicted molar refractivity (Wildman–Crippen MR) is 161 cm³/mol. The van der Waals surface area contributed by atoms with Crippen LogP contribution in [-0.2, 0) is 57.2 Å². The molecule has 6 rings (SSSR count). The zero-order chi connectivity index (χ0) is 35.4. The van der Waals surface area contributed by atoms with Gasteiger partial charge in [0.2, 0.25) is 11.7 Å². The van der Waals surface area contributed by atoms with Crippen molar-refractivity contribution in [1.29, 1.82) is 0 Å². The largest absolute Gasteiger partial charge is 0.472 e. The fourth-order valence-electron chi connectivity index (χ4n) is 10.5. The number of esters is 5. The van der Waals surface area contributed by atoms with Crippen molar-refractivity contribution >= 4 is 35.6 Å². The molecule has 1 aromatic rings. The molecular weight excluding hydrogens is 628 g/mol. The van der Waals surface area contributed by atoms with Gasteiger partial charge in [-0.25, -0.2) is 4.79 Å². The molecule has 5 aliphatic rings. The Morgan fingerprint density at radius 2 is 1.67 bits per heavy atom. The van der Waals surface area contributed by atoms with Gasteiger partial charge in [-0.2, -0.15) is 0 Å². The highest BCUT2D eigenvalue weighted by atomic mass is 16.7. The Labute approximate surface area is 278 Å². The van der Waals surface area contributed by atoms with E-state index in [2.05, 4.69) is 0 Å². The first kappa shape index (κ1) is 34.1. The van der Waals surface area contributed by atoms with Crippen LogP contribution in [0.5, 0.6) is 0 Å². The zero-order valence-electron chi connectivity index (χ0n) is 28.8. The topological polar surface area (TPSA) is 174 Å². The smallest absolute Gasteiger partial charge is 0.347 e. The summed E-state index contributed by atoms with van der Waals surface area (Å²) in [5.74, 6) is -7.26. The molecule has 13 nitrogen and oxygen atoms in total. The summed E-state index contributed by atoms with van der Waals surface area (Å²) in [6.07, 6.45) is -1.07. The van der Waals surface area contributed by atoms with Crippen LogP contribution < -0.4 is 0 Å². The Morgan fingerprint density at radius 1 is 0.979 bits per heavy atom. The SMILES string of the molecule is COC(=O)[C@H](OC(C)=O)[C@H]1C(C)(C)[C@H](OC(=O)C(C)C)[C@@]2(OC(C)=O)C(=O)[C@]1(C)[C@H]1CC[C@@]3(C)[C@H](c4ccoc4)OC(=O)C[C@@H]3[C@@]13O[C@@H]23. The molecule has 5 fully saturated rings. The number of hydrogen-bond acceptors (Lipinski definition) is 13. The van der Waals surface area contributed by atoms with E-state index in [1.54, 1.807) is 40.7 Å². The van der Waals surface area contributed by atoms with E-state index < -0.39 is 111 Å². The van der Waals surface area contributed by atoms with Crippen LogP contribution in [0.1, 0.15) is 86.3 Å². The second-order valence-corrected chi connectivity index (χ2v) is 15.5. The molecule has 13 heteroatoms. The van der Waals surface area contributed by atoms with Crippen LogP contribution in [0.2, 0.25) is 0 Å². The zero-order valence-corrected chi connectivity index (χ0v) is 28.8. The number of carbonyl (C=O) groups excluding carboxylic acids is 6. The van der Waals surface area contributed by atoms with Gasteiger partial charge in [-0.05, 0) is 18.9 Å². The lowest BCUT2D eigenvalue weighted by molar-refractivity contribution is -0.267. The molecule has 262 valence electrons. The maximum Gasteiger partial charge on any atom is 0.347 e. The van der Waals surface area contributed by atoms with Crippen LogP contribution in [0, 0.1) is 39.9 Å². The molecule has 2 saturated heterocycles. The summed E-state index contributed by atoms with van der Waals surface area (Å²) in [4.78, 5) is 81.5. The van der Waals surface area contributed by atoms with Gasteiger partial charge < -0.3 is 32.8 Å². The lowest BCUT2D eigenvalue weighted by Crippen LogP contribution is -2.82. The first-order valence-corrected chi connectivity index (χ1v) is 16.4. The van der Waals surface area contributed by atoms with Crippen molar-refractivity contribution in [2.75, 3.05) is 7.11 Å². The van der Waals surface area contributed by atoms with E-state index in [-0.39, 0.29) is 6.42 Å². The molecule has 0 radical (unpaired) electrons. The molecule has 2 bridgehead atoms. The van der Waals surface area contributed by atoms with E-state index in [1.165, 1.54) is 12.5 Å². The maximum absolute atomic E-state index is 15.4. The number of Topliss-reactive ketones (excluding diaryl/α,β-unsaturated/α-hetero) is 1. The summed E-state index contributed by atoms with van der Waals surface area (Å²) in [5, 5.41) is 0. The van der Waals surface area contributed by atoms with Crippen molar-refractivity contribution in [2.45, 2.75) is 110 Å². The number of epoxide rings is 1. The first-order valence-electron chi connectivity index (χ1n) is 16.4. The monoisotopic (exact) mass is 672 g/mol. The minimum absolute atomic E-state index is 0.0623. The van der Waals surface area contributed by atoms with E-state index in [0.717, 1.165) is 21.0 Å². The maximum atomic E-state index is 15.4. The highest BCUT2D eigenvalue weighted by Crippen LogP contribution is 2.79. The Balaban J connectivity index is 1.63. The lowest BCUT2D eigenvalue weighted by Gasteiger charge is -2.67. The van der Waals surface area contributed by atoms with Crippen LogP contribution in [-0.4, -0.2) is 72.3 Å². The molecule has 0 amide bonds. The quantitative estimate of drug-likeness (QED) is 0.233. The number of carbonyl (C=O) groups is 6. The number of fused-ring (bicyclic) bond motifs is 5. The molecular formula is C35H44O13. The van der Waals surface area contributed by atoms with Gasteiger partial charge in [0.05, 0.1) is 32.0 Å². The number of rotatable bonds is 7. The standard InChI is InChI=1S/C35H44O13/c1-16(2)26(39)46-29-31(5,6)24(23(27(40)42-9)44-17(3)36)33(8)20-10-12-32(7)21(14-22(38)45-25(32)19-11-13-43-15-19)34(20)30(48-34)35(29,28(33)41)47-18(4)37/h11,13,15-16,20-21,23-25,29-30H,10,12,14H2,1-9H3/t20-,21+,23-,24+,25+,29+,30-,32-,33-,34+,35+/m1/s1. The first-order chi connectivity index (χ1) is 22.3. The number of ketones is 1. The molecule has 11 atom stereocenters. The van der Waals surface area contributed by atoms with E-state index in [4.69, 9.17) is 32.8 Å². The highest BCUT2D eigenvalue weighted by Gasteiger charge is 2.93. The van der Waals surface area contributed by atoms with Crippen LogP contribution in [0.15, 0.2) is 23.0 Å². The number of ether oxygens (including phenoxy) is 6. The number of cyclic esters (lactones) is 1. The van der Waals surface area contributed by atoms with Crippen LogP contribution in [0.4, 0.5) is 0 Å². The van der Waals surface area contributed by atoms with E-state index in [0.29, 0.717) is 18.4 Å². The van der Waals surface area contributed by atoms with Crippen molar-refractivity contribution in [2.24, 2.45) is 39.9 Å². The highest BCUT2D eigenvalue weighted by molar-refractivity contribution is 6.01. The number of methoxy groups -OCH3 is 1. The van der Waals surface area contributed by atoms with Gasteiger partial charge in [0.15, 0.2) is 11.9 Å². The van der Waals surface area contributed by atoms with Gasteiger partial charge in [-0.1, -0.05) is 41.5 Å². The van der Waals surface area contributed by atoms with Gasteiger partial charge in [-0.3, -0.25) is 24.0 Å². The van der Waals surface area contributed by atoms with E-state index >= 15 is 4.79 Å². The third-order valence-corrected chi connectivity index (χ3v) is 12.1. The summed E-state index contributed by atoms with van der Waals surface area (Å²) in [5.41, 5.74) is -6.43. The number of furan rings is 1. The predicted octanol–water partition coefficient (Wildman–Crippen LogP) is 3.66.